The Hall–Kier alpha value is -3.91. The summed E-state index contributed by atoms with van der Waals surface area (Å²) in [5.74, 6) is 0.246. The summed E-state index contributed by atoms with van der Waals surface area (Å²) in [7, 11) is 1.60. The number of benzene rings is 1. The lowest BCUT2D eigenvalue weighted by atomic mass is 9.94. The number of hydrogen-bond acceptors (Lipinski definition) is 5. The molecule has 37 heavy (non-hydrogen) atoms. The third-order valence-electron chi connectivity index (χ3n) is 6.35. The molecule has 1 aliphatic heterocycles. The number of anilines is 1. The molecule has 7 nitrogen and oxygen atoms in total. The fourth-order valence-corrected chi connectivity index (χ4v) is 5.30. The third kappa shape index (κ3) is 5.02. The molecule has 190 valence electrons. The molecule has 0 atom stereocenters. The molecule has 1 aliphatic rings. The summed E-state index contributed by atoms with van der Waals surface area (Å²) in [6.45, 7) is 7.56. The Balaban J connectivity index is 1.60. The van der Waals surface area contributed by atoms with Crippen molar-refractivity contribution in [3.8, 4) is 27.4 Å². The summed E-state index contributed by atoms with van der Waals surface area (Å²) >= 11 is 1.64. The molecule has 0 fully saturated rings. The van der Waals surface area contributed by atoms with Gasteiger partial charge in [-0.05, 0) is 59.2 Å². The van der Waals surface area contributed by atoms with Crippen LogP contribution in [0.25, 0.3) is 21.7 Å². The summed E-state index contributed by atoms with van der Waals surface area (Å²) < 4.78 is 7.75. The lowest BCUT2D eigenvalue weighted by molar-refractivity contribution is 0.0929. The van der Waals surface area contributed by atoms with Crippen molar-refractivity contribution in [1.82, 2.24) is 14.9 Å². The van der Waals surface area contributed by atoms with Crippen LogP contribution in [0.1, 0.15) is 47.2 Å². The molecule has 1 aromatic carbocycles. The fraction of sp³-hybridized carbons (Fsp3) is 0.276. The second-order valence-electron chi connectivity index (χ2n) is 10.3. The summed E-state index contributed by atoms with van der Waals surface area (Å²) in [5, 5.41) is 8.13. The Morgan fingerprint density at radius 1 is 1.11 bits per heavy atom. The number of aryl methyl sites for hydroxylation is 1. The van der Waals surface area contributed by atoms with E-state index in [1.807, 2.05) is 29.6 Å². The van der Waals surface area contributed by atoms with Crippen LogP contribution in [-0.4, -0.2) is 35.0 Å². The fourth-order valence-electron chi connectivity index (χ4n) is 4.55. The van der Waals surface area contributed by atoms with E-state index in [0.717, 1.165) is 33.7 Å². The number of carbonyl (C=O) groups excluding carboxylic acids is 2. The topological polar surface area (TPSA) is 85.2 Å². The van der Waals surface area contributed by atoms with E-state index in [1.165, 1.54) is 6.20 Å². The Kier molecular flexibility index (Phi) is 6.60. The molecule has 4 aromatic rings. The van der Waals surface area contributed by atoms with Gasteiger partial charge in [-0.25, -0.2) is 0 Å². The quantitative estimate of drug-likeness (QED) is 0.337. The first-order chi connectivity index (χ1) is 17.7. The van der Waals surface area contributed by atoms with Crippen LogP contribution in [0.3, 0.4) is 0 Å². The van der Waals surface area contributed by atoms with Gasteiger partial charge in [-0.2, -0.15) is 0 Å². The van der Waals surface area contributed by atoms with Gasteiger partial charge in [0.2, 0.25) is 0 Å². The molecule has 0 saturated carbocycles. The predicted molar refractivity (Wildman–Crippen MR) is 147 cm³/mol. The highest BCUT2D eigenvalue weighted by molar-refractivity contribution is 7.13. The van der Waals surface area contributed by atoms with E-state index in [0.29, 0.717) is 35.8 Å². The average molecular weight is 515 g/mol. The molecule has 5 rings (SSSR count). The molecule has 0 unspecified atom stereocenters. The van der Waals surface area contributed by atoms with Crippen LogP contribution >= 0.6 is 11.3 Å². The van der Waals surface area contributed by atoms with E-state index in [9.17, 15) is 9.59 Å². The molecule has 2 N–H and O–H groups in total. The number of aromatic nitrogens is 2. The molecule has 0 saturated heterocycles. The van der Waals surface area contributed by atoms with E-state index >= 15 is 0 Å². The first-order valence-electron chi connectivity index (χ1n) is 12.2. The second kappa shape index (κ2) is 9.86. The Labute approximate surface area is 220 Å². The van der Waals surface area contributed by atoms with Gasteiger partial charge in [0.15, 0.2) is 0 Å². The molecule has 8 heteroatoms. The van der Waals surface area contributed by atoms with Crippen LogP contribution in [0.15, 0.2) is 60.2 Å². The Morgan fingerprint density at radius 2 is 1.95 bits per heavy atom. The van der Waals surface area contributed by atoms with Crippen LogP contribution in [-0.2, 0) is 13.0 Å². The van der Waals surface area contributed by atoms with Crippen molar-refractivity contribution in [3.05, 3.63) is 77.1 Å². The molecule has 0 bridgehead atoms. The van der Waals surface area contributed by atoms with Gasteiger partial charge in [-0.1, -0.05) is 26.8 Å². The Morgan fingerprint density at radius 3 is 2.62 bits per heavy atom. The third-order valence-corrected chi connectivity index (χ3v) is 7.26. The van der Waals surface area contributed by atoms with Crippen molar-refractivity contribution >= 4 is 28.8 Å². The smallest absolute Gasteiger partial charge is 0.267 e. The number of ether oxygens (including phenoxy) is 1. The summed E-state index contributed by atoms with van der Waals surface area (Å²) in [6.07, 6.45) is 3.90. The zero-order chi connectivity index (χ0) is 26.2. The number of amides is 2. The molecule has 0 spiro atoms. The first-order valence-corrected chi connectivity index (χ1v) is 13.1. The van der Waals surface area contributed by atoms with E-state index in [2.05, 4.69) is 47.0 Å². The average Bonchev–Trinajstić information content (AvgIpc) is 3.55. The van der Waals surface area contributed by atoms with Gasteiger partial charge < -0.3 is 19.9 Å². The molecule has 0 aliphatic carbocycles. The Bertz CT molecular complexity index is 1450. The number of carbonyl (C=O) groups is 2. The van der Waals surface area contributed by atoms with Gasteiger partial charge in [-0.15, -0.1) is 11.3 Å². The molecular weight excluding hydrogens is 484 g/mol. The van der Waals surface area contributed by atoms with E-state index in [4.69, 9.17) is 4.74 Å². The number of methoxy groups -OCH3 is 1. The van der Waals surface area contributed by atoms with Crippen molar-refractivity contribution < 1.29 is 14.3 Å². The first kappa shape index (κ1) is 24.8. The predicted octanol–water partition coefficient (Wildman–Crippen LogP) is 5.87. The highest BCUT2D eigenvalue weighted by Gasteiger charge is 2.29. The van der Waals surface area contributed by atoms with Gasteiger partial charge in [0.1, 0.15) is 11.4 Å². The molecule has 3 aromatic heterocycles. The molecule has 4 heterocycles. The zero-order valence-corrected chi connectivity index (χ0v) is 22.2. The van der Waals surface area contributed by atoms with Crippen LogP contribution in [0.2, 0.25) is 0 Å². The summed E-state index contributed by atoms with van der Waals surface area (Å²) in [6, 6.07) is 13.5. The standard InChI is InChI=1S/C29H30N4O3S/c1-29(2,3)17-31-28(35)23-15-21(25-8-6-12-37-25)26-20-14-22(32-27(34)19-7-5-10-30-16-19)24(36-4)13-18(20)9-11-33(23)26/h5-8,10,12-16H,9,11,17H2,1-4H3,(H,31,35)(H,32,34). The van der Waals surface area contributed by atoms with E-state index in [1.54, 1.807) is 36.8 Å². The molecule has 0 radical (unpaired) electrons. The molecular formula is C29H30N4O3S. The number of pyridine rings is 1. The zero-order valence-electron chi connectivity index (χ0n) is 21.4. The van der Waals surface area contributed by atoms with E-state index < -0.39 is 0 Å². The van der Waals surface area contributed by atoms with Crippen molar-refractivity contribution in [2.45, 2.75) is 33.7 Å². The monoisotopic (exact) mass is 514 g/mol. The van der Waals surface area contributed by atoms with Gasteiger partial charge >= 0.3 is 0 Å². The summed E-state index contributed by atoms with van der Waals surface area (Å²) in [4.78, 5) is 31.4. The minimum Gasteiger partial charge on any atom is -0.495 e. The highest BCUT2D eigenvalue weighted by Crippen LogP contribution is 2.44. The maximum Gasteiger partial charge on any atom is 0.267 e. The maximum absolute atomic E-state index is 13.3. The molecule has 2 amide bonds. The van der Waals surface area contributed by atoms with Crippen LogP contribution < -0.4 is 15.4 Å². The van der Waals surface area contributed by atoms with Gasteiger partial charge in [0, 0.05) is 41.5 Å². The van der Waals surface area contributed by atoms with Crippen molar-refractivity contribution in [1.29, 1.82) is 0 Å². The number of thiophene rings is 1. The van der Waals surface area contributed by atoms with Crippen molar-refractivity contribution in [2.75, 3.05) is 19.0 Å². The van der Waals surface area contributed by atoms with Gasteiger partial charge in [-0.3, -0.25) is 14.6 Å². The van der Waals surface area contributed by atoms with Crippen LogP contribution in [0, 0.1) is 5.41 Å². The number of rotatable bonds is 6. The summed E-state index contributed by atoms with van der Waals surface area (Å²) in [5.41, 5.74) is 5.73. The van der Waals surface area contributed by atoms with Crippen LogP contribution in [0.4, 0.5) is 5.69 Å². The number of nitrogens with one attached hydrogen (secondary N) is 2. The minimum absolute atomic E-state index is 0.0197. The number of fused-ring (bicyclic) bond motifs is 3. The minimum atomic E-state index is -0.265. The highest BCUT2D eigenvalue weighted by atomic mass is 32.1. The largest absolute Gasteiger partial charge is 0.495 e. The lowest BCUT2D eigenvalue weighted by Gasteiger charge is -2.25. The lowest BCUT2D eigenvalue weighted by Crippen LogP contribution is -2.33. The number of hydrogen-bond donors (Lipinski definition) is 2. The van der Waals surface area contributed by atoms with Crippen molar-refractivity contribution in [2.24, 2.45) is 5.41 Å². The van der Waals surface area contributed by atoms with E-state index in [-0.39, 0.29) is 17.2 Å². The van der Waals surface area contributed by atoms with Gasteiger partial charge in [0.05, 0.1) is 24.1 Å². The maximum atomic E-state index is 13.3. The SMILES string of the molecule is COc1cc2c(cc1NC(=O)c1cccnc1)-c1c(-c3cccs3)cc(C(=O)NCC(C)(C)C)n1CC2. The number of nitrogens with zero attached hydrogens (tertiary/aromatic N) is 2. The van der Waals surface area contributed by atoms with Crippen LogP contribution in [0.5, 0.6) is 5.75 Å². The normalized spacial score (nSPS) is 12.4. The second-order valence-corrected chi connectivity index (χ2v) is 11.3. The van der Waals surface area contributed by atoms with Crippen molar-refractivity contribution in [3.63, 3.8) is 0 Å². The van der Waals surface area contributed by atoms with Gasteiger partial charge in [0.25, 0.3) is 11.8 Å².